The normalized spacial score (nSPS) is 14.2. The average Bonchev–Trinajstić information content (AvgIpc) is 4.33. The zero-order valence-corrected chi connectivity index (χ0v) is 48.0. The summed E-state index contributed by atoms with van der Waals surface area (Å²) in [6.45, 7) is 23.3. The fraction of sp³-hybridized carbons (Fsp3) is 0.250. The zero-order chi connectivity index (χ0) is 58.5. The van der Waals surface area contributed by atoms with Gasteiger partial charge in [-0.15, -0.1) is 48.6 Å². The van der Waals surface area contributed by atoms with Crippen molar-refractivity contribution in [3.05, 3.63) is 206 Å². The van der Waals surface area contributed by atoms with E-state index >= 15 is 0 Å². The molecular weight excluding hydrogens is 1250 g/mol. The average molecular weight is 1310 g/mol. The molecule has 22 heteroatoms. The molecule has 0 unspecified atom stereocenters. The van der Waals surface area contributed by atoms with Crippen LogP contribution in [0.25, 0.3) is 0 Å². The monoisotopic (exact) mass is 1310 g/mol. The van der Waals surface area contributed by atoms with E-state index < -0.39 is 35.2 Å². The van der Waals surface area contributed by atoms with Crippen molar-refractivity contribution in [1.82, 2.24) is 29.9 Å². The molecule has 1 N–H and O–H groups in total. The molecular formula is C60H53F9IrN12-6. The molecule has 0 saturated heterocycles. The number of para-hydroxylation sites is 2. The molecule has 3 aliphatic rings. The molecule has 12 nitrogen and oxygen atoms in total. The molecule has 0 bridgehead atoms. The predicted octanol–water partition coefficient (Wildman–Crippen LogP) is 16.3. The molecule has 0 aliphatic carbocycles. The van der Waals surface area contributed by atoms with Gasteiger partial charge in [-0.05, 0) is 24.3 Å². The first-order chi connectivity index (χ1) is 37.9. The molecule has 0 amide bonds. The minimum absolute atomic E-state index is 0. The second-order valence-corrected chi connectivity index (χ2v) is 21.9. The number of halogens is 9. The Balaban J connectivity index is 0.000000161. The van der Waals surface area contributed by atoms with Crippen molar-refractivity contribution in [2.45, 2.75) is 97.1 Å². The van der Waals surface area contributed by atoms with Gasteiger partial charge in [0, 0.05) is 47.7 Å². The van der Waals surface area contributed by atoms with Crippen LogP contribution in [0.2, 0.25) is 0 Å². The Hall–Kier alpha value is -7.84. The maximum absolute atomic E-state index is 12.9. The number of alkyl halides is 9. The van der Waals surface area contributed by atoms with Crippen LogP contribution in [0.5, 0.6) is 0 Å². The Labute approximate surface area is 483 Å². The molecule has 0 fully saturated rings. The molecule has 8 aromatic rings. The molecule has 0 atom stereocenters. The van der Waals surface area contributed by atoms with Gasteiger partial charge in [-0.25, -0.2) is 29.9 Å². The molecule has 0 saturated carbocycles. The summed E-state index contributed by atoms with van der Waals surface area (Å²) in [6, 6.07) is 37.6. The maximum Gasteiger partial charge on any atom is 0.370 e. The molecule has 431 valence electrons. The van der Waals surface area contributed by atoms with Crippen LogP contribution in [0.4, 0.5) is 103 Å². The van der Waals surface area contributed by atoms with Crippen LogP contribution < -0.4 is 29.8 Å². The minimum Gasteiger partial charge on any atom is -0.497 e. The van der Waals surface area contributed by atoms with E-state index in [2.05, 4.69) is 43.5 Å². The Kier molecular flexibility index (Phi) is 16.8. The van der Waals surface area contributed by atoms with E-state index in [-0.39, 0.29) is 36.4 Å². The van der Waals surface area contributed by atoms with E-state index in [9.17, 15) is 39.5 Å². The van der Waals surface area contributed by atoms with Crippen molar-refractivity contribution in [3.63, 3.8) is 0 Å². The fourth-order valence-corrected chi connectivity index (χ4v) is 8.17. The Bertz CT molecular complexity index is 3300. The van der Waals surface area contributed by atoms with Gasteiger partial charge < -0.3 is 29.8 Å². The minimum atomic E-state index is -4.40. The van der Waals surface area contributed by atoms with Crippen LogP contribution in [0.1, 0.15) is 96.3 Å². The van der Waals surface area contributed by atoms with Crippen LogP contribution in [0.15, 0.2) is 134 Å². The van der Waals surface area contributed by atoms with Crippen LogP contribution in [-0.2, 0) is 54.9 Å². The van der Waals surface area contributed by atoms with Crippen molar-refractivity contribution in [2.75, 3.05) is 29.8 Å². The first-order valence-corrected chi connectivity index (χ1v) is 25.2. The van der Waals surface area contributed by atoms with E-state index in [1.807, 2.05) is 133 Å². The Morgan fingerprint density at radius 3 is 1.12 bits per heavy atom. The number of hydrogen-bond acceptors (Lipinski definition) is 12. The van der Waals surface area contributed by atoms with Gasteiger partial charge in [0.2, 0.25) is 0 Å². The third-order valence-electron chi connectivity index (χ3n) is 12.6. The van der Waals surface area contributed by atoms with Gasteiger partial charge in [-0.1, -0.05) is 115 Å². The second-order valence-electron chi connectivity index (χ2n) is 21.9. The van der Waals surface area contributed by atoms with Gasteiger partial charge >= 0.3 is 18.5 Å². The topological polar surface area (TPSA) is 106 Å². The SMILES string of the molecule is CC(C)(C)c1cnc2c(n1)N(c1[c-]cc(C(F)(F)F)cc1)[CH-]N2.CC(C)(C)c1ncc2c(n1)N(c1[c-]cc(C(F)(F)F)cc1)[CH-]N2c1ccccc1.CC(C)(C)c1ncc2c(n1)N(c1[c-]cc(C(F)(F)F)cc1)[CH-]N2c1ccccc1.[Ir]. The maximum atomic E-state index is 12.9. The van der Waals surface area contributed by atoms with Gasteiger partial charge in [0.25, 0.3) is 0 Å². The van der Waals surface area contributed by atoms with Gasteiger partial charge in [0.05, 0.1) is 35.7 Å². The summed E-state index contributed by atoms with van der Waals surface area (Å²) in [5.74, 6) is 3.61. The summed E-state index contributed by atoms with van der Waals surface area (Å²) in [7, 11) is 0. The summed E-state index contributed by atoms with van der Waals surface area (Å²) < 4.78 is 116. The Morgan fingerprint density at radius 2 is 0.793 bits per heavy atom. The van der Waals surface area contributed by atoms with E-state index in [1.54, 1.807) is 53.3 Å². The van der Waals surface area contributed by atoms with Crippen LogP contribution in [-0.4, -0.2) is 29.9 Å². The number of fused-ring (bicyclic) bond motifs is 3. The standard InChI is InChI=1S/2C22H19F3N4.C16H15F3N4.Ir/c2*1-21(2,3)20-26-13-18-19(27-20)29(14-28(18)16-7-5-4-6-8-16)17-11-9-15(10-12-17)22(23,24)25;1-15(2,3)12-8-20-13-14(22-12)23(9-21-13)11-6-4-10(5-7-11)16(17,18)19;/h2*4-11,13-14H,1-3H3;4-6,8-9H,1-3H3,(H,20,21);/q3*-2;. The van der Waals surface area contributed by atoms with Crippen molar-refractivity contribution >= 4 is 63.1 Å². The molecule has 6 heterocycles. The van der Waals surface area contributed by atoms with Crippen molar-refractivity contribution < 1.29 is 59.6 Å². The van der Waals surface area contributed by atoms with Crippen molar-refractivity contribution in [2.24, 2.45) is 0 Å². The number of rotatable bonds is 5. The number of anilines is 11. The second kappa shape index (κ2) is 22.8. The van der Waals surface area contributed by atoms with Gasteiger partial charge in [-0.2, -0.15) is 101 Å². The van der Waals surface area contributed by atoms with Crippen LogP contribution >= 0.6 is 0 Å². The zero-order valence-electron chi connectivity index (χ0n) is 45.6. The van der Waals surface area contributed by atoms with E-state index in [0.29, 0.717) is 52.0 Å². The van der Waals surface area contributed by atoms with Gasteiger partial charge in [-0.3, -0.25) is 0 Å². The third kappa shape index (κ3) is 13.2. The Morgan fingerprint density at radius 1 is 0.415 bits per heavy atom. The summed E-state index contributed by atoms with van der Waals surface area (Å²) in [5.41, 5.74) is 2.55. The molecule has 11 rings (SSSR count). The number of benzene rings is 5. The summed E-state index contributed by atoms with van der Waals surface area (Å²) in [5, 5.41) is 2.96. The molecule has 3 aromatic heterocycles. The summed E-state index contributed by atoms with van der Waals surface area (Å²) >= 11 is 0. The van der Waals surface area contributed by atoms with Crippen molar-refractivity contribution in [1.29, 1.82) is 0 Å². The first kappa shape index (κ1) is 60.3. The molecule has 5 aromatic carbocycles. The molecule has 3 aliphatic heterocycles. The molecule has 0 spiro atoms. The van der Waals surface area contributed by atoms with E-state index in [4.69, 9.17) is 9.97 Å². The number of aromatic nitrogens is 6. The largest absolute Gasteiger partial charge is 0.497 e. The van der Waals surface area contributed by atoms with Crippen molar-refractivity contribution in [3.8, 4) is 0 Å². The van der Waals surface area contributed by atoms with Crippen LogP contribution in [0, 0.1) is 38.2 Å². The van der Waals surface area contributed by atoms with E-state index in [0.717, 1.165) is 64.8 Å². The first-order valence-electron chi connectivity index (χ1n) is 25.2. The predicted molar refractivity (Wildman–Crippen MR) is 293 cm³/mol. The fourth-order valence-electron chi connectivity index (χ4n) is 8.17. The smallest absolute Gasteiger partial charge is 0.370 e. The summed E-state index contributed by atoms with van der Waals surface area (Å²) in [4.78, 5) is 36.3. The van der Waals surface area contributed by atoms with Gasteiger partial charge in [0.15, 0.2) is 0 Å². The number of nitrogens with zero attached hydrogens (tertiary/aromatic N) is 11. The van der Waals surface area contributed by atoms with Crippen LogP contribution in [0.3, 0.4) is 0 Å². The van der Waals surface area contributed by atoms with Gasteiger partial charge in [0.1, 0.15) is 34.9 Å². The number of nitrogens with one attached hydrogen (secondary N) is 1. The molecule has 1 radical (unpaired) electrons. The third-order valence-corrected chi connectivity index (χ3v) is 12.6. The quantitative estimate of drug-likeness (QED) is 0.131. The number of hydrogen-bond donors (Lipinski definition) is 1. The van der Waals surface area contributed by atoms with E-state index in [1.165, 1.54) is 18.2 Å². The molecule has 82 heavy (non-hydrogen) atoms. The summed E-state index contributed by atoms with van der Waals surface area (Å²) in [6.07, 6.45) is -8.00.